The van der Waals surface area contributed by atoms with E-state index in [-0.39, 0.29) is 17.9 Å². The van der Waals surface area contributed by atoms with Crippen molar-refractivity contribution >= 4 is 11.6 Å². The van der Waals surface area contributed by atoms with Gasteiger partial charge in [0.25, 0.3) is 0 Å². The Morgan fingerprint density at radius 1 is 1.39 bits per heavy atom. The quantitative estimate of drug-likeness (QED) is 0.842. The minimum atomic E-state index is 0.00227. The molecular weight excluding hydrogens is 228 g/mol. The van der Waals surface area contributed by atoms with Gasteiger partial charge in [0.1, 0.15) is 0 Å². The fraction of sp³-hybridized carbons (Fsp3) is 0.692. The summed E-state index contributed by atoms with van der Waals surface area (Å²) in [5.41, 5.74) is 8.21. The molecule has 0 aliphatic heterocycles. The number of nitrogens with one attached hydrogen (secondary N) is 1. The minimum Gasteiger partial charge on any atom is -0.330 e. The molecule has 3 N–H and O–H groups in total. The van der Waals surface area contributed by atoms with Crippen molar-refractivity contribution in [2.75, 3.05) is 11.9 Å². The van der Waals surface area contributed by atoms with Crippen LogP contribution >= 0.6 is 0 Å². The Morgan fingerprint density at radius 2 is 2.00 bits per heavy atom. The van der Waals surface area contributed by atoms with E-state index in [1.807, 2.05) is 25.5 Å². The predicted octanol–water partition coefficient (Wildman–Crippen LogP) is 2.00. The van der Waals surface area contributed by atoms with E-state index in [1.54, 1.807) is 0 Å². The number of aromatic nitrogens is 2. The molecule has 1 amide bonds. The van der Waals surface area contributed by atoms with Gasteiger partial charge in [0, 0.05) is 12.5 Å². The molecule has 0 radical (unpaired) electrons. The lowest BCUT2D eigenvalue weighted by molar-refractivity contribution is -0.116. The van der Waals surface area contributed by atoms with Crippen molar-refractivity contribution in [1.82, 2.24) is 9.78 Å². The number of nitrogens with zero attached hydrogens (tertiary/aromatic N) is 2. The monoisotopic (exact) mass is 252 g/mol. The molecule has 0 aromatic carbocycles. The zero-order valence-corrected chi connectivity index (χ0v) is 11.9. The van der Waals surface area contributed by atoms with Crippen molar-refractivity contribution < 1.29 is 4.79 Å². The lowest BCUT2D eigenvalue weighted by Crippen LogP contribution is -2.20. The summed E-state index contributed by atoms with van der Waals surface area (Å²) in [7, 11) is 0. The van der Waals surface area contributed by atoms with Gasteiger partial charge in [-0.3, -0.25) is 9.48 Å². The van der Waals surface area contributed by atoms with Gasteiger partial charge in [-0.15, -0.1) is 0 Å². The van der Waals surface area contributed by atoms with Gasteiger partial charge in [-0.2, -0.15) is 5.10 Å². The summed E-state index contributed by atoms with van der Waals surface area (Å²) in [5.74, 6) is 0.202. The van der Waals surface area contributed by atoms with E-state index in [0.717, 1.165) is 17.1 Å². The maximum atomic E-state index is 11.9. The first-order valence-electron chi connectivity index (χ1n) is 6.42. The van der Waals surface area contributed by atoms with E-state index >= 15 is 0 Å². The molecule has 1 atom stereocenters. The Balaban J connectivity index is 2.82. The summed E-state index contributed by atoms with van der Waals surface area (Å²) in [5, 5.41) is 7.38. The van der Waals surface area contributed by atoms with Crippen LogP contribution in [-0.4, -0.2) is 22.2 Å². The molecule has 1 unspecified atom stereocenters. The van der Waals surface area contributed by atoms with Crippen molar-refractivity contribution in [2.24, 2.45) is 11.7 Å². The molecule has 1 aromatic rings. The summed E-state index contributed by atoms with van der Waals surface area (Å²) in [6.45, 7) is 10.5. The molecule has 0 bridgehead atoms. The van der Waals surface area contributed by atoms with Crippen LogP contribution in [0.5, 0.6) is 0 Å². The zero-order valence-electron chi connectivity index (χ0n) is 11.9. The van der Waals surface area contributed by atoms with Crippen LogP contribution in [0.3, 0.4) is 0 Å². The van der Waals surface area contributed by atoms with E-state index in [0.29, 0.717) is 13.0 Å². The first kappa shape index (κ1) is 14.7. The van der Waals surface area contributed by atoms with Gasteiger partial charge < -0.3 is 11.1 Å². The number of nitrogens with two attached hydrogens (primary N) is 1. The maximum Gasteiger partial charge on any atom is 0.224 e. The number of carbonyl (C=O) groups is 1. The molecule has 1 rings (SSSR count). The van der Waals surface area contributed by atoms with Gasteiger partial charge in [-0.25, -0.2) is 0 Å². The summed E-state index contributed by atoms with van der Waals surface area (Å²) >= 11 is 0. The Kier molecular flexibility index (Phi) is 4.90. The Hall–Kier alpha value is -1.36. The van der Waals surface area contributed by atoms with Gasteiger partial charge in [0.2, 0.25) is 5.91 Å². The second kappa shape index (κ2) is 6.00. The predicted molar refractivity (Wildman–Crippen MR) is 73.6 cm³/mol. The maximum absolute atomic E-state index is 11.9. The van der Waals surface area contributed by atoms with Gasteiger partial charge in [-0.05, 0) is 40.2 Å². The third-order valence-corrected chi connectivity index (χ3v) is 3.01. The lowest BCUT2D eigenvalue weighted by atomic mass is 10.1. The van der Waals surface area contributed by atoms with Crippen molar-refractivity contribution in [3.05, 3.63) is 11.4 Å². The third kappa shape index (κ3) is 3.32. The van der Waals surface area contributed by atoms with E-state index in [4.69, 9.17) is 5.73 Å². The lowest BCUT2D eigenvalue weighted by Gasteiger charge is -2.11. The number of aryl methyl sites for hydroxylation is 1. The fourth-order valence-corrected chi connectivity index (χ4v) is 1.94. The Bertz CT molecular complexity index is 423. The minimum absolute atomic E-state index is 0.00227. The molecule has 1 aromatic heterocycles. The number of hydrogen-bond donors (Lipinski definition) is 2. The topological polar surface area (TPSA) is 72.9 Å². The standard InChI is InChI=1S/C13H24N4O/c1-8(2)17-11(5)13(10(4)16-17)15-12(18)6-9(3)7-14/h8-9H,6-7,14H2,1-5H3,(H,15,18). The summed E-state index contributed by atoms with van der Waals surface area (Å²) in [6.07, 6.45) is 0.447. The van der Waals surface area contributed by atoms with Crippen LogP contribution in [0.4, 0.5) is 5.69 Å². The number of anilines is 1. The Morgan fingerprint density at radius 3 is 2.44 bits per heavy atom. The molecule has 0 fully saturated rings. The van der Waals surface area contributed by atoms with E-state index in [9.17, 15) is 4.79 Å². The first-order valence-corrected chi connectivity index (χ1v) is 6.42. The molecule has 0 aliphatic carbocycles. The van der Waals surface area contributed by atoms with Crippen LogP contribution in [0.25, 0.3) is 0 Å². The molecule has 5 nitrogen and oxygen atoms in total. The average molecular weight is 252 g/mol. The van der Waals surface area contributed by atoms with Crippen LogP contribution in [0.1, 0.15) is 44.6 Å². The van der Waals surface area contributed by atoms with E-state index in [1.165, 1.54) is 0 Å². The SMILES string of the molecule is Cc1nn(C(C)C)c(C)c1NC(=O)CC(C)CN. The number of hydrogen-bond acceptors (Lipinski definition) is 3. The van der Waals surface area contributed by atoms with Crippen LogP contribution in [0, 0.1) is 19.8 Å². The molecule has 102 valence electrons. The van der Waals surface area contributed by atoms with Gasteiger partial charge in [0.05, 0.1) is 17.1 Å². The van der Waals surface area contributed by atoms with E-state index < -0.39 is 0 Å². The van der Waals surface area contributed by atoms with Gasteiger partial charge >= 0.3 is 0 Å². The fourth-order valence-electron chi connectivity index (χ4n) is 1.94. The van der Waals surface area contributed by atoms with E-state index in [2.05, 4.69) is 24.3 Å². The van der Waals surface area contributed by atoms with Crippen molar-refractivity contribution in [3.63, 3.8) is 0 Å². The molecule has 0 saturated heterocycles. The molecule has 0 spiro atoms. The average Bonchev–Trinajstić information content (AvgIpc) is 2.56. The molecule has 18 heavy (non-hydrogen) atoms. The number of rotatable bonds is 5. The van der Waals surface area contributed by atoms with Crippen molar-refractivity contribution in [3.8, 4) is 0 Å². The van der Waals surface area contributed by atoms with Crippen LogP contribution in [0.15, 0.2) is 0 Å². The van der Waals surface area contributed by atoms with Crippen LogP contribution < -0.4 is 11.1 Å². The normalized spacial score (nSPS) is 12.8. The zero-order chi connectivity index (χ0) is 13.9. The first-order chi connectivity index (χ1) is 8.36. The Labute approximate surface area is 109 Å². The smallest absolute Gasteiger partial charge is 0.224 e. The van der Waals surface area contributed by atoms with Crippen LogP contribution in [0.2, 0.25) is 0 Å². The highest BCUT2D eigenvalue weighted by atomic mass is 16.1. The molecular formula is C13H24N4O. The van der Waals surface area contributed by atoms with Crippen molar-refractivity contribution in [1.29, 1.82) is 0 Å². The molecule has 0 saturated carbocycles. The number of amides is 1. The van der Waals surface area contributed by atoms with Crippen LogP contribution in [-0.2, 0) is 4.79 Å². The van der Waals surface area contributed by atoms with Gasteiger partial charge in [-0.1, -0.05) is 6.92 Å². The third-order valence-electron chi connectivity index (χ3n) is 3.01. The highest BCUT2D eigenvalue weighted by Gasteiger charge is 2.16. The molecule has 5 heteroatoms. The summed E-state index contributed by atoms with van der Waals surface area (Å²) in [4.78, 5) is 11.9. The highest BCUT2D eigenvalue weighted by Crippen LogP contribution is 2.22. The molecule has 0 aliphatic rings. The number of carbonyl (C=O) groups excluding carboxylic acids is 1. The highest BCUT2D eigenvalue weighted by molar-refractivity contribution is 5.92. The molecule has 1 heterocycles. The largest absolute Gasteiger partial charge is 0.330 e. The second-order valence-electron chi connectivity index (χ2n) is 5.18. The van der Waals surface area contributed by atoms with Crippen molar-refractivity contribution in [2.45, 2.75) is 47.1 Å². The summed E-state index contributed by atoms with van der Waals surface area (Å²) in [6, 6.07) is 0.289. The van der Waals surface area contributed by atoms with Gasteiger partial charge in [0.15, 0.2) is 0 Å². The summed E-state index contributed by atoms with van der Waals surface area (Å²) < 4.78 is 1.93. The second-order valence-corrected chi connectivity index (χ2v) is 5.18.